The predicted molar refractivity (Wildman–Crippen MR) is 134 cm³/mol. The van der Waals surface area contributed by atoms with Crippen LogP contribution in [0.2, 0.25) is 0 Å². The molecule has 0 spiro atoms. The lowest BCUT2D eigenvalue weighted by Gasteiger charge is -2.29. The van der Waals surface area contributed by atoms with Gasteiger partial charge in [-0.25, -0.2) is 14.6 Å². The van der Waals surface area contributed by atoms with Crippen molar-refractivity contribution in [1.29, 1.82) is 0 Å². The van der Waals surface area contributed by atoms with Crippen molar-refractivity contribution in [3.63, 3.8) is 0 Å². The minimum Gasteiger partial charge on any atom is -0.469 e. The van der Waals surface area contributed by atoms with Gasteiger partial charge in [0.1, 0.15) is 18.2 Å². The molecule has 2 N–H and O–H groups in total. The number of hydrogen-bond acceptors (Lipinski definition) is 13. The molecule has 0 aromatic carbocycles. The van der Waals surface area contributed by atoms with E-state index in [1.54, 1.807) is 23.3 Å². The fourth-order valence-electron chi connectivity index (χ4n) is 3.17. The third-order valence-electron chi connectivity index (χ3n) is 4.97. The Morgan fingerprint density at radius 1 is 0.946 bits per heavy atom. The highest BCUT2D eigenvalue weighted by molar-refractivity contribution is 7.09. The number of hydrogen-bond donors (Lipinski definition) is 2. The van der Waals surface area contributed by atoms with E-state index in [4.69, 9.17) is 18.9 Å². The Bertz CT molecular complexity index is 898. The van der Waals surface area contributed by atoms with Gasteiger partial charge in [-0.3, -0.25) is 19.5 Å². The molecule has 0 fully saturated rings. The van der Waals surface area contributed by atoms with Gasteiger partial charge in [0.2, 0.25) is 0 Å². The topological polar surface area (TPSA) is 158 Å². The van der Waals surface area contributed by atoms with E-state index < -0.39 is 36.2 Å². The lowest BCUT2D eigenvalue weighted by molar-refractivity contribution is -0.141. The molecule has 0 aliphatic carbocycles. The summed E-state index contributed by atoms with van der Waals surface area (Å²) in [6.07, 6.45) is 1.58. The van der Waals surface area contributed by atoms with Gasteiger partial charge in [0, 0.05) is 30.9 Å². The van der Waals surface area contributed by atoms with Crippen molar-refractivity contribution in [3.05, 3.63) is 33.2 Å². The van der Waals surface area contributed by atoms with Crippen LogP contribution in [-0.4, -0.2) is 84.9 Å². The second kappa shape index (κ2) is 16.4. The number of carbonyl (C=O) groups is 4. The molecule has 0 saturated carbocycles. The summed E-state index contributed by atoms with van der Waals surface area (Å²) in [6.45, 7) is 2.84. The summed E-state index contributed by atoms with van der Waals surface area (Å²) >= 11 is 2.70. The molecule has 2 heterocycles. The van der Waals surface area contributed by atoms with Crippen molar-refractivity contribution in [2.24, 2.45) is 0 Å². The van der Waals surface area contributed by atoms with Gasteiger partial charge in [-0.1, -0.05) is 6.92 Å². The Hall–Kier alpha value is -3.30. The molecule has 2 aromatic rings. The second-order valence-electron chi connectivity index (χ2n) is 7.64. The van der Waals surface area contributed by atoms with E-state index in [1.165, 1.54) is 36.9 Å². The van der Waals surface area contributed by atoms with Crippen molar-refractivity contribution >= 4 is 46.8 Å². The summed E-state index contributed by atoms with van der Waals surface area (Å²) in [7, 11) is 2.51. The predicted octanol–water partition coefficient (Wildman–Crippen LogP) is 1.94. The molecule has 2 atom stereocenters. The minimum absolute atomic E-state index is 0.000700. The van der Waals surface area contributed by atoms with Crippen molar-refractivity contribution in [3.8, 4) is 0 Å². The van der Waals surface area contributed by atoms with Crippen molar-refractivity contribution < 1.29 is 38.1 Å². The first-order valence-electron chi connectivity index (χ1n) is 11.3. The molecule has 204 valence electrons. The zero-order valence-corrected chi connectivity index (χ0v) is 22.5. The summed E-state index contributed by atoms with van der Waals surface area (Å²) in [5, 5.41) is 7.76. The monoisotopic (exact) mass is 557 g/mol. The number of methoxy groups -OCH3 is 2. The van der Waals surface area contributed by atoms with E-state index in [0.29, 0.717) is 11.6 Å². The third kappa shape index (κ3) is 12.0. The maximum absolute atomic E-state index is 12.4. The zero-order valence-electron chi connectivity index (χ0n) is 20.8. The number of esters is 2. The molecule has 2 unspecified atom stereocenters. The van der Waals surface area contributed by atoms with Crippen LogP contribution in [0.25, 0.3) is 0 Å². The summed E-state index contributed by atoms with van der Waals surface area (Å²) in [4.78, 5) is 59.2. The molecule has 15 heteroatoms. The van der Waals surface area contributed by atoms with Crippen molar-refractivity contribution in [2.75, 3.05) is 33.9 Å². The minimum atomic E-state index is -0.712. The Balaban J connectivity index is 1.98. The molecule has 0 aliphatic rings. The SMILES string of the molecule is CCN(CC(CC(=O)OC)NC(=O)OCc1cncs1)CC(CC(=O)OC)NC(=O)OCc1nccs1. The van der Waals surface area contributed by atoms with Crippen LogP contribution in [0.15, 0.2) is 23.3 Å². The molecule has 2 amide bonds. The van der Waals surface area contributed by atoms with E-state index in [2.05, 4.69) is 20.6 Å². The number of ether oxygens (including phenoxy) is 4. The summed E-state index contributed by atoms with van der Waals surface area (Å²) < 4.78 is 19.9. The quantitative estimate of drug-likeness (QED) is 0.243. The van der Waals surface area contributed by atoms with Gasteiger partial charge in [0.05, 0.1) is 49.5 Å². The van der Waals surface area contributed by atoms with E-state index in [-0.39, 0.29) is 39.1 Å². The number of nitrogens with one attached hydrogen (secondary N) is 2. The molecule has 0 bridgehead atoms. The molecule has 0 radical (unpaired) electrons. The number of amides is 2. The smallest absolute Gasteiger partial charge is 0.407 e. The molecule has 2 rings (SSSR count). The summed E-state index contributed by atoms with van der Waals surface area (Å²) in [5.74, 6) is -1.03. The van der Waals surface area contributed by atoms with Crippen LogP contribution >= 0.6 is 22.7 Å². The number of thiazole rings is 2. The van der Waals surface area contributed by atoms with Crippen LogP contribution in [-0.2, 0) is 41.8 Å². The van der Waals surface area contributed by atoms with E-state index >= 15 is 0 Å². The normalized spacial score (nSPS) is 12.3. The number of alkyl carbamates (subject to hydrolysis) is 2. The number of likely N-dealkylation sites (N-methyl/N-ethyl adjacent to an activating group) is 1. The fourth-order valence-corrected chi connectivity index (χ4v) is 4.20. The van der Waals surface area contributed by atoms with Crippen LogP contribution < -0.4 is 10.6 Å². The van der Waals surface area contributed by atoms with Gasteiger partial charge in [0.25, 0.3) is 0 Å². The van der Waals surface area contributed by atoms with Crippen LogP contribution in [0, 0.1) is 0 Å². The standard InChI is InChI=1S/C22H31N5O8S2/c1-4-27(10-15(7-19(28)32-2)25-21(30)34-12-17-9-23-14-37-17)11-16(8-20(29)33-3)26-22(31)35-13-18-24-5-6-36-18/h5-6,9,14-16H,4,7-8,10-13H2,1-3H3,(H,25,30)(H,26,31). The second-order valence-corrected chi connectivity index (χ2v) is 9.59. The molecule has 2 aromatic heterocycles. The summed E-state index contributed by atoms with van der Waals surface area (Å²) in [6, 6.07) is -1.31. The first-order valence-corrected chi connectivity index (χ1v) is 13.1. The fraction of sp³-hybridized carbons (Fsp3) is 0.545. The van der Waals surface area contributed by atoms with Crippen molar-refractivity contribution in [2.45, 2.75) is 45.1 Å². The largest absolute Gasteiger partial charge is 0.469 e. The molecule has 37 heavy (non-hydrogen) atoms. The van der Waals surface area contributed by atoms with Gasteiger partial charge in [0.15, 0.2) is 0 Å². The van der Waals surface area contributed by atoms with Gasteiger partial charge in [-0.2, -0.15) is 0 Å². The van der Waals surface area contributed by atoms with Gasteiger partial charge >= 0.3 is 24.1 Å². The first kappa shape index (κ1) is 29.9. The Morgan fingerprint density at radius 2 is 1.54 bits per heavy atom. The highest BCUT2D eigenvalue weighted by Gasteiger charge is 2.25. The van der Waals surface area contributed by atoms with Gasteiger partial charge in [-0.15, -0.1) is 22.7 Å². The Kier molecular flexibility index (Phi) is 13.3. The van der Waals surface area contributed by atoms with Gasteiger partial charge < -0.3 is 29.6 Å². The highest BCUT2D eigenvalue weighted by Crippen LogP contribution is 2.09. The maximum Gasteiger partial charge on any atom is 0.407 e. The molecule has 0 aliphatic heterocycles. The summed E-state index contributed by atoms with van der Waals surface area (Å²) in [5.41, 5.74) is 1.63. The van der Waals surface area contributed by atoms with Crippen LogP contribution in [0.4, 0.5) is 9.59 Å². The maximum atomic E-state index is 12.4. The number of nitrogens with zero attached hydrogens (tertiary/aromatic N) is 3. The molecule has 13 nitrogen and oxygen atoms in total. The zero-order chi connectivity index (χ0) is 27.0. The lowest BCUT2D eigenvalue weighted by Crippen LogP contribution is -2.50. The first-order chi connectivity index (χ1) is 17.8. The van der Waals surface area contributed by atoms with Crippen molar-refractivity contribution in [1.82, 2.24) is 25.5 Å². The van der Waals surface area contributed by atoms with E-state index in [1.807, 2.05) is 11.8 Å². The number of aromatic nitrogens is 2. The molecular formula is C22H31N5O8S2. The molecular weight excluding hydrogens is 526 g/mol. The van der Waals surface area contributed by atoms with E-state index in [9.17, 15) is 19.2 Å². The number of rotatable bonds is 15. The van der Waals surface area contributed by atoms with Crippen LogP contribution in [0.1, 0.15) is 29.7 Å². The van der Waals surface area contributed by atoms with Gasteiger partial charge in [-0.05, 0) is 6.54 Å². The third-order valence-corrected chi connectivity index (χ3v) is 6.48. The Morgan fingerprint density at radius 3 is 2.00 bits per heavy atom. The lowest BCUT2D eigenvalue weighted by atomic mass is 10.1. The van der Waals surface area contributed by atoms with Crippen LogP contribution in [0.3, 0.4) is 0 Å². The average molecular weight is 558 g/mol. The average Bonchev–Trinajstić information content (AvgIpc) is 3.60. The highest BCUT2D eigenvalue weighted by atomic mass is 32.1. The van der Waals surface area contributed by atoms with E-state index in [0.717, 1.165) is 4.88 Å². The van der Waals surface area contributed by atoms with Crippen LogP contribution in [0.5, 0.6) is 0 Å². The Labute approximate surface area is 222 Å². The molecule has 0 saturated heterocycles. The number of carbonyl (C=O) groups excluding carboxylic acids is 4.